The van der Waals surface area contributed by atoms with Crippen molar-refractivity contribution >= 4 is 31.5 Å². The number of nitrogens with zero attached hydrogens (tertiary/aromatic N) is 1. The molecule has 0 saturated carbocycles. The smallest absolute Gasteiger partial charge is 0.232 e. The Morgan fingerprint density at radius 1 is 1.00 bits per heavy atom. The van der Waals surface area contributed by atoms with Crippen molar-refractivity contribution in [2.75, 3.05) is 30.5 Å². The highest BCUT2D eigenvalue weighted by molar-refractivity contribution is 7.92. The molecule has 0 aliphatic heterocycles. The van der Waals surface area contributed by atoms with E-state index in [9.17, 15) is 21.6 Å². The molecule has 1 amide bonds. The molecule has 8 nitrogen and oxygen atoms in total. The summed E-state index contributed by atoms with van der Waals surface area (Å²) in [7, 11) is -5.26. The lowest BCUT2D eigenvalue weighted by Gasteiger charge is -2.23. The summed E-state index contributed by atoms with van der Waals surface area (Å²) < 4.78 is 54.0. The van der Waals surface area contributed by atoms with Crippen LogP contribution in [0, 0.1) is 0 Å². The standard InChI is InChI=1S/C22H30N2O6S2/c1-5-21(17-8-14-20(15-9-17)31(3,26)27)23-22(25)7-6-16-24(32(4,28)29)18-10-12-19(30-2)13-11-18/h8-15,21H,5-7,16H2,1-4H3,(H,23,25)/t21-/m0/s1. The summed E-state index contributed by atoms with van der Waals surface area (Å²) in [5, 5.41) is 2.94. The van der Waals surface area contributed by atoms with Crippen molar-refractivity contribution in [1.82, 2.24) is 5.32 Å². The van der Waals surface area contributed by atoms with Gasteiger partial charge in [-0.05, 0) is 54.8 Å². The lowest BCUT2D eigenvalue weighted by atomic mass is 10.0. The van der Waals surface area contributed by atoms with E-state index in [0.29, 0.717) is 24.3 Å². The van der Waals surface area contributed by atoms with Gasteiger partial charge in [-0.15, -0.1) is 0 Å². The maximum atomic E-state index is 12.5. The van der Waals surface area contributed by atoms with Crippen molar-refractivity contribution in [3.05, 3.63) is 54.1 Å². The first-order valence-electron chi connectivity index (χ1n) is 10.2. The summed E-state index contributed by atoms with van der Waals surface area (Å²) in [6.45, 7) is 2.09. The predicted molar refractivity (Wildman–Crippen MR) is 125 cm³/mol. The van der Waals surface area contributed by atoms with Gasteiger partial charge in [-0.3, -0.25) is 9.10 Å². The Morgan fingerprint density at radius 3 is 2.06 bits per heavy atom. The van der Waals surface area contributed by atoms with E-state index in [4.69, 9.17) is 4.74 Å². The molecule has 0 bridgehead atoms. The maximum absolute atomic E-state index is 12.5. The van der Waals surface area contributed by atoms with Gasteiger partial charge >= 0.3 is 0 Å². The Bertz CT molecular complexity index is 1110. The molecule has 0 radical (unpaired) electrons. The predicted octanol–water partition coefficient (Wildman–Crippen LogP) is 2.91. The molecule has 0 aliphatic rings. The largest absolute Gasteiger partial charge is 0.497 e. The number of nitrogens with one attached hydrogen (secondary N) is 1. The maximum Gasteiger partial charge on any atom is 0.232 e. The Balaban J connectivity index is 1.98. The number of benzene rings is 2. The van der Waals surface area contributed by atoms with Crippen molar-refractivity contribution in [3.63, 3.8) is 0 Å². The molecule has 0 fully saturated rings. The van der Waals surface area contributed by atoms with Gasteiger partial charge in [0.2, 0.25) is 15.9 Å². The van der Waals surface area contributed by atoms with E-state index in [-0.39, 0.29) is 29.8 Å². The third-order valence-electron chi connectivity index (χ3n) is 4.98. The number of sulfone groups is 1. The molecule has 0 spiro atoms. The quantitative estimate of drug-likeness (QED) is 0.527. The highest BCUT2D eigenvalue weighted by Crippen LogP contribution is 2.22. The van der Waals surface area contributed by atoms with Crippen LogP contribution in [-0.4, -0.2) is 48.9 Å². The number of hydrogen-bond acceptors (Lipinski definition) is 6. The second-order valence-electron chi connectivity index (χ2n) is 7.51. The van der Waals surface area contributed by atoms with Crippen LogP contribution in [-0.2, 0) is 24.7 Å². The molecule has 0 heterocycles. The van der Waals surface area contributed by atoms with Gasteiger partial charge in [0.15, 0.2) is 9.84 Å². The zero-order valence-electron chi connectivity index (χ0n) is 18.7. The van der Waals surface area contributed by atoms with Gasteiger partial charge in [-0.2, -0.15) is 0 Å². The lowest BCUT2D eigenvalue weighted by molar-refractivity contribution is -0.121. The Hall–Kier alpha value is -2.59. The summed E-state index contributed by atoms with van der Waals surface area (Å²) in [4.78, 5) is 12.7. The minimum atomic E-state index is -3.51. The average Bonchev–Trinajstić information content (AvgIpc) is 2.74. The summed E-state index contributed by atoms with van der Waals surface area (Å²) in [6.07, 6.45) is 3.40. The first kappa shape index (κ1) is 25.7. The van der Waals surface area contributed by atoms with Gasteiger partial charge in [0, 0.05) is 19.2 Å². The lowest BCUT2D eigenvalue weighted by Crippen LogP contribution is -2.33. The fraction of sp³-hybridized carbons (Fsp3) is 0.409. The van der Waals surface area contributed by atoms with E-state index in [0.717, 1.165) is 18.1 Å². The molecular formula is C22H30N2O6S2. The van der Waals surface area contributed by atoms with E-state index < -0.39 is 19.9 Å². The van der Waals surface area contributed by atoms with Crippen LogP contribution in [0.15, 0.2) is 53.4 Å². The Labute approximate surface area is 190 Å². The number of carbonyl (C=O) groups is 1. The molecule has 176 valence electrons. The van der Waals surface area contributed by atoms with Crippen LogP contribution in [0.5, 0.6) is 5.75 Å². The van der Waals surface area contributed by atoms with Crippen LogP contribution in [0.2, 0.25) is 0 Å². The number of hydrogen-bond donors (Lipinski definition) is 1. The molecule has 2 aromatic carbocycles. The van der Waals surface area contributed by atoms with Gasteiger partial charge in [-0.25, -0.2) is 16.8 Å². The van der Waals surface area contributed by atoms with Crippen LogP contribution in [0.4, 0.5) is 5.69 Å². The van der Waals surface area contributed by atoms with Gasteiger partial charge in [0.05, 0.1) is 30.0 Å². The van der Waals surface area contributed by atoms with Crippen molar-refractivity contribution in [3.8, 4) is 5.75 Å². The van der Waals surface area contributed by atoms with Crippen LogP contribution < -0.4 is 14.4 Å². The minimum absolute atomic E-state index is 0.153. The zero-order chi connectivity index (χ0) is 23.9. The first-order chi connectivity index (χ1) is 15.0. The van der Waals surface area contributed by atoms with Crippen molar-refractivity contribution in [2.45, 2.75) is 37.1 Å². The summed E-state index contributed by atoms with van der Waals surface area (Å²) >= 11 is 0. The molecule has 0 aliphatic carbocycles. The van der Waals surface area contributed by atoms with Crippen LogP contribution in [0.3, 0.4) is 0 Å². The van der Waals surface area contributed by atoms with Crippen molar-refractivity contribution in [2.24, 2.45) is 0 Å². The SMILES string of the molecule is CC[C@H](NC(=O)CCCN(c1ccc(OC)cc1)S(C)(=O)=O)c1ccc(S(C)(=O)=O)cc1. The van der Waals surface area contributed by atoms with E-state index in [1.807, 2.05) is 6.92 Å². The summed E-state index contributed by atoms with van der Waals surface area (Å²) in [5.74, 6) is 0.420. The van der Waals surface area contributed by atoms with Crippen molar-refractivity contribution in [1.29, 1.82) is 0 Å². The summed E-state index contributed by atoms with van der Waals surface area (Å²) in [6, 6.07) is 12.9. The van der Waals surface area contributed by atoms with Gasteiger partial charge < -0.3 is 10.1 Å². The van der Waals surface area contributed by atoms with Gasteiger partial charge in [0.1, 0.15) is 5.75 Å². The number of amides is 1. The molecular weight excluding hydrogens is 452 g/mol. The van der Waals surface area contributed by atoms with E-state index in [1.165, 1.54) is 23.5 Å². The van der Waals surface area contributed by atoms with Crippen LogP contribution in [0.1, 0.15) is 37.8 Å². The van der Waals surface area contributed by atoms with Gasteiger partial charge in [0.25, 0.3) is 0 Å². The van der Waals surface area contributed by atoms with E-state index in [1.54, 1.807) is 36.4 Å². The van der Waals surface area contributed by atoms with Crippen LogP contribution in [0.25, 0.3) is 0 Å². The molecule has 0 unspecified atom stereocenters. The molecule has 32 heavy (non-hydrogen) atoms. The Kier molecular flexibility index (Phi) is 8.68. The Morgan fingerprint density at radius 2 is 1.59 bits per heavy atom. The van der Waals surface area contributed by atoms with Gasteiger partial charge in [-0.1, -0.05) is 19.1 Å². The fourth-order valence-corrected chi connectivity index (χ4v) is 4.85. The second-order valence-corrected chi connectivity index (χ2v) is 11.4. The second kappa shape index (κ2) is 10.8. The third kappa shape index (κ3) is 7.23. The van der Waals surface area contributed by atoms with E-state index >= 15 is 0 Å². The molecule has 10 heteroatoms. The normalized spacial score (nSPS) is 12.8. The number of methoxy groups -OCH3 is 1. The third-order valence-corrected chi connectivity index (χ3v) is 7.30. The molecule has 1 N–H and O–H groups in total. The molecule has 0 aromatic heterocycles. The topological polar surface area (TPSA) is 110 Å². The fourth-order valence-electron chi connectivity index (χ4n) is 3.25. The molecule has 0 saturated heterocycles. The highest BCUT2D eigenvalue weighted by atomic mass is 32.2. The van der Waals surface area contributed by atoms with Crippen molar-refractivity contribution < 1.29 is 26.4 Å². The number of ether oxygens (including phenoxy) is 1. The molecule has 1 atom stereocenters. The van der Waals surface area contributed by atoms with E-state index in [2.05, 4.69) is 5.32 Å². The molecule has 2 aromatic rings. The summed E-state index contributed by atoms with van der Waals surface area (Å²) in [5.41, 5.74) is 1.32. The number of rotatable bonds is 11. The first-order valence-corrected chi connectivity index (χ1v) is 13.9. The number of anilines is 1. The number of sulfonamides is 1. The number of carbonyl (C=O) groups excluding carboxylic acids is 1. The monoisotopic (exact) mass is 482 g/mol. The zero-order valence-corrected chi connectivity index (χ0v) is 20.4. The average molecular weight is 483 g/mol. The minimum Gasteiger partial charge on any atom is -0.497 e. The van der Waals surface area contributed by atoms with Crippen LogP contribution >= 0.6 is 0 Å². The molecule has 2 rings (SSSR count). The highest BCUT2D eigenvalue weighted by Gasteiger charge is 2.19.